The molecule has 17 heavy (non-hydrogen) atoms. The smallest absolute Gasteiger partial charge is 0.191 e. The molecule has 0 unspecified atom stereocenters. The topological polar surface area (TPSA) is 71.1 Å². The van der Waals surface area contributed by atoms with Crippen LogP contribution in [-0.2, 0) is 4.74 Å². The van der Waals surface area contributed by atoms with Gasteiger partial charge in [-0.2, -0.15) is 0 Å². The zero-order valence-corrected chi connectivity index (χ0v) is 11.0. The van der Waals surface area contributed by atoms with Crippen molar-refractivity contribution >= 4 is 5.96 Å². The third kappa shape index (κ3) is 3.85. The Kier molecular flexibility index (Phi) is 5.71. The molecule has 5 heteroatoms. The van der Waals surface area contributed by atoms with Gasteiger partial charge in [0.15, 0.2) is 5.96 Å². The van der Waals surface area contributed by atoms with E-state index in [2.05, 4.69) is 18.8 Å². The first-order valence-electron chi connectivity index (χ1n) is 6.41. The Balaban J connectivity index is 2.55. The van der Waals surface area contributed by atoms with E-state index in [0.717, 1.165) is 25.9 Å². The van der Waals surface area contributed by atoms with Crippen molar-refractivity contribution in [2.24, 2.45) is 16.1 Å². The van der Waals surface area contributed by atoms with Gasteiger partial charge in [-0.25, -0.2) is 0 Å². The first-order valence-corrected chi connectivity index (χ1v) is 6.41. The minimum Gasteiger partial charge on any atom is -0.396 e. The molecule has 0 amide bonds. The molecule has 1 aliphatic heterocycles. The van der Waals surface area contributed by atoms with Gasteiger partial charge in [-0.05, 0) is 12.8 Å². The molecule has 3 N–H and O–H groups in total. The van der Waals surface area contributed by atoms with E-state index >= 15 is 0 Å². The number of nitrogens with two attached hydrogens (primary N) is 1. The SMILES string of the molecule is CCC(CC)(CO)CN=C(N)N1CCOCC1. The highest BCUT2D eigenvalue weighted by Crippen LogP contribution is 2.25. The van der Waals surface area contributed by atoms with E-state index in [1.54, 1.807) is 0 Å². The van der Waals surface area contributed by atoms with E-state index < -0.39 is 0 Å². The Morgan fingerprint density at radius 2 is 1.94 bits per heavy atom. The number of rotatable bonds is 5. The zero-order chi connectivity index (χ0) is 12.7. The molecule has 0 bridgehead atoms. The number of aliphatic imine (C=N–C) groups is 1. The highest BCUT2D eigenvalue weighted by molar-refractivity contribution is 5.78. The third-order valence-corrected chi connectivity index (χ3v) is 3.75. The van der Waals surface area contributed by atoms with Crippen molar-refractivity contribution in [1.82, 2.24) is 4.90 Å². The summed E-state index contributed by atoms with van der Waals surface area (Å²) in [6.45, 7) is 7.96. The molecule has 0 aromatic heterocycles. The van der Waals surface area contributed by atoms with Crippen molar-refractivity contribution in [2.45, 2.75) is 26.7 Å². The van der Waals surface area contributed by atoms with E-state index in [-0.39, 0.29) is 12.0 Å². The van der Waals surface area contributed by atoms with Crippen LogP contribution < -0.4 is 5.73 Å². The largest absolute Gasteiger partial charge is 0.396 e. The Labute approximate surface area is 104 Å². The molecular formula is C12H25N3O2. The highest BCUT2D eigenvalue weighted by Gasteiger charge is 2.25. The Hall–Kier alpha value is -0.810. The van der Waals surface area contributed by atoms with Gasteiger partial charge in [-0.1, -0.05) is 13.8 Å². The first kappa shape index (κ1) is 14.3. The normalized spacial score (nSPS) is 18.5. The number of aliphatic hydroxyl groups is 1. The lowest BCUT2D eigenvalue weighted by Gasteiger charge is -2.30. The lowest BCUT2D eigenvalue weighted by atomic mass is 9.83. The van der Waals surface area contributed by atoms with Crippen LogP contribution in [0.15, 0.2) is 4.99 Å². The van der Waals surface area contributed by atoms with E-state index in [9.17, 15) is 5.11 Å². The van der Waals surface area contributed by atoms with Crippen molar-refractivity contribution in [3.63, 3.8) is 0 Å². The maximum atomic E-state index is 9.46. The lowest BCUT2D eigenvalue weighted by Crippen LogP contribution is -2.45. The van der Waals surface area contributed by atoms with Crippen LogP contribution in [0.2, 0.25) is 0 Å². The molecule has 0 spiro atoms. The summed E-state index contributed by atoms with van der Waals surface area (Å²) < 4.78 is 5.27. The van der Waals surface area contributed by atoms with E-state index in [1.807, 2.05) is 4.90 Å². The average molecular weight is 243 g/mol. The average Bonchev–Trinajstić information content (AvgIpc) is 2.41. The summed E-state index contributed by atoms with van der Waals surface area (Å²) in [4.78, 5) is 6.48. The zero-order valence-electron chi connectivity index (χ0n) is 11.0. The van der Waals surface area contributed by atoms with Crippen molar-refractivity contribution in [2.75, 3.05) is 39.5 Å². The second-order valence-corrected chi connectivity index (χ2v) is 4.64. The van der Waals surface area contributed by atoms with Crippen LogP contribution in [0.25, 0.3) is 0 Å². The van der Waals surface area contributed by atoms with Crippen LogP contribution in [0, 0.1) is 5.41 Å². The molecule has 0 aromatic carbocycles. The first-order chi connectivity index (χ1) is 8.17. The number of hydrogen-bond donors (Lipinski definition) is 2. The van der Waals surface area contributed by atoms with Gasteiger partial charge in [0.05, 0.1) is 26.4 Å². The number of hydrogen-bond acceptors (Lipinski definition) is 3. The molecule has 0 atom stereocenters. The Bertz CT molecular complexity index is 238. The molecule has 1 heterocycles. The molecular weight excluding hydrogens is 218 g/mol. The predicted molar refractivity (Wildman–Crippen MR) is 69.0 cm³/mol. The number of nitrogens with zero attached hydrogens (tertiary/aromatic N) is 2. The van der Waals surface area contributed by atoms with Crippen molar-refractivity contribution in [3.05, 3.63) is 0 Å². The summed E-state index contributed by atoms with van der Waals surface area (Å²) in [6, 6.07) is 0. The summed E-state index contributed by atoms with van der Waals surface area (Å²) in [7, 11) is 0. The van der Waals surface area contributed by atoms with Crippen LogP contribution in [0.5, 0.6) is 0 Å². The minimum atomic E-state index is -0.114. The molecule has 1 aliphatic rings. The van der Waals surface area contributed by atoms with Crippen molar-refractivity contribution in [1.29, 1.82) is 0 Å². The monoisotopic (exact) mass is 243 g/mol. The summed E-state index contributed by atoms with van der Waals surface area (Å²) in [6.07, 6.45) is 1.83. The van der Waals surface area contributed by atoms with Crippen LogP contribution >= 0.6 is 0 Å². The molecule has 1 rings (SSSR count). The quantitative estimate of drug-likeness (QED) is 0.543. The van der Waals surface area contributed by atoms with Gasteiger partial charge < -0.3 is 20.5 Å². The molecule has 0 radical (unpaired) electrons. The molecule has 0 aliphatic carbocycles. The van der Waals surface area contributed by atoms with Crippen molar-refractivity contribution in [3.8, 4) is 0 Å². The molecule has 100 valence electrons. The predicted octanol–water partition coefficient (Wildman–Crippen LogP) is 0.432. The van der Waals surface area contributed by atoms with Gasteiger partial charge in [0.2, 0.25) is 0 Å². The second-order valence-electron chi connectivity index (χ2n) is 4.64. The van der Waals surface area contributed by atoms with E-state index in [0.29, 0.717) is 25.7 Å². The third-order valence-electron chi connectivity index (χ3n) is 3.75. The molecule has 0 aromatic rings. The van der Waals surface area contributed by atoms with E-state index in [4.69, 9.17) is 10.5 Å². The summed E-state index contributed by atoms with van der Waals surface area (Å²) >= 11 is 0. The van der Waals surface area contributed by atoms with Crippen LogP contribution in [0.4, 0.5) is 0 Å². The standard InChI is InChI=1S/C12H25N3O2/c1-3-12(4-2,10-16)9-14-11(13)15-5-7-17-8-6-15/h16H,3-10H2,1-2H3,(H2,13,14). The Morgan fingerprint density at radius 1 is 1.35 bits per heavy atom. The molecule has 0 saturated carbocycles. The fourth-order valence-electron chi connectivity index (χ4n) is 1.89. The summed E-state index contributed by atoms with van der Waals surface area (Å²) in [5.74, 6) is 0.577. The summed E-state index contributed by atoms with van der Waals surface area (Å²) in [5, 5.41) is 9.46. The number of guanidine groups is 1. The van der Waals surface area contributed by atoms with Gasteiger partial charge in [-0.3, -0.25) is 4.99 Å². The van der Waals surface area contributed by atoms with Gasteiger partial charge >= 0.3 is 0 Å². The maximum absolute atomic E-state index is 9.46. The molecule has 1 fully saturated rings. The molecule has 1 saturated heterocycles. The number of morpholine rings is 1. The number of ether oxygens (including phenoxy) is 1. The highest BCUT2D eigenvalue weighted by atomic mass is 16.5. The van der Waals surface area contributed by atoms with Crippen LogP contribution in [0.3, 0.4) is 0 Å². The minimum absolute atomic E-state index is 0.114. The Morgan fingerprint density at radius 3 is 2.41 bits per heavy atom. The van der Waals surface area contributed by atoms with Gasteiger partial charge in [0.1, 0.15) is 0 Å². The maximum Gasteiger partial charge on any atom is 0.191 e. The fraction of sp³-hybridized carbons (Fsp3) is 0.917. The van der Waals surface area contributed by atoms with Crippen molar-refractivity contribution < 1.29 is 9.84 Å². The van der Waals surface area contributed by atoms with Gasteiger partial charge in [-0.15, -0.1) is 0 Å². The summed E-state index contributed by atoms with van der Waals surface area (Å²) in [5.41, 5.74) is 5.84. The van der Waals surface area contributed by atoms with Gasteiger partial charge in [0, 0.05) is 18.5 Å². The van der Waals surface area contributed by atoms with Crippen LogP contribution in [-0.4, -0.2) is 55.4 Å². The lowest BCUT2D eigenvalue weighted by molar-refractivity contribution is 0.0669. The van der Waals surface area contributed by atoms with Crippen LogP contribution in [0.1, 0.15) is 26.7 Å². The fourth-order valence-corrected chi connectivity index (χ4v) is 1.89. The van der Waals surface area contributed by atoms with E-state index in [1.165, 1.54) is 0 Å². The second kappa shape index (κ2) is 6.81. The van der Waals surface area contributed by atoms with Gasteiger partial charge in [0.25, 0.3) is 0 Å². The number of aliphatic hydroxyl groups excluding tert-OH is 1. The molecule has 5 nitrogen and oxygen atoms in total.